The molecule has 1 aromatic heterocycles. The van der Waals surface area contributed by atoms with E-state index in [0.717, 1.165) is 17.6 Å². The van der Waals surface area contributed by atoms with E-state index in [-0.39, 0.29) is 5.92 Å². The molecule has 0 amide bonds. The molecule has 98 valence electrons. The van der Waals surface area contributed by atoms with Crippen molar-refractivity contribution in [3.8, 4) is 0 Å². The van der Waals surface area contributed by atoms with Gasteiger partial charge in [0.05, 0.1) is 11.6 Å². The van der Waals surface area contributed by atoms with Gasteiger partial charge in [-0.3, -0.25) is 4.79 Å². The zero-order chi connectivity index (χ0) is 12.7. The Kier molecular flexibility index (Phi) is 3.18. The SMILES string of the molecule is O=C(O)C1CCc2c(C3CCCC3)nc(Br)n2C1. The fraction of sp³-hybridized carbons (Fsp3) is 0.692. The molecule has 3 rings (SSSR count). The zero-order valence-electron chi connectivity index (χ0n) is 10.2. The van der Waals surface area contributed by atoms with Gasteiger partial charge in [-0.1, -0.05) is 12.8 Å². The molecule has 1 atom stereocenters. The van der Waals surface area contributed by atoms with Gasteiger partial charge in [0.25, 0.3) is 0 Å². The molecule has 1 aliphatic heterocycles. The van der Waals surface area contributed by atoms with Crippen molar-refractivity contribution >= 4 is 21.9 Å². The highest BCUT2D eigenvalue weighted by Crippen LogP contribution is 2.38. The second kappa shape index (κ2) is 4.68. The Labute approximate surface area is 115 Å². The molecule has 0 aromatic carbocycles. The number of nitrogens with zero attached hydrogens (tertiary/aromatic N) is 2. The van der Waals surface area contributed by atoms with Crippen LogP contribution in [0, 0.1) is 5.92 Å². The summed E-state index contributed by atoms with van der Waals surface area (Å²) in [7, 11) is 0. The van der Waals surface area contributed by atoms with Crippen LogP contribution < -0.4 is 0 Å². The van der Waals surface area contributed by atoms with Crippen molar-refractivity contribution in [2.75, 3.05) is 0 Å². The minimum absolute atomic E-state index is 0.264. The Morgan fingerprint density at radius 3 is 2.72 bits per heavy atom. The predicted molar refractivity (Wildman–Crippen MR) is 70.6 cm³/mol. The van der Waals surface area contributed by atoms with E-state index in [1.165, 1.54) is 37.1 Å². The van der Waals surface area contributed by atoms with Crippen LogP contribution in [0.3, 0.4) is 0 Å². The van der Waals surface area contributed by atoms with E-state index in [0.29, 0.717) is 12.5 Å². The Balaban J connectivity index is 1.92. The maximum Gasteiger partial charge on any atom is 0.308 e. The average Bonchev–Trinajstić information content (AvgIpc) is 2.97. The summed E-state index contributed by atoms with van der Waals surface area (Å²) >= 11 is 3.49. The predicted octanol–water partition coefficient (Wildman–Crippen LogP) is 2.95. The first-order valence-corrected chi connectivity index (χ1v) is 7.43. The number of halogens is 1. The number of fused-ring (bicyclic) bond motifs is 1. The minimum atomic E-state index is -0.691. The van der Waals surface area contributed by atoms with Crippen molar-refractivity contribution in [3.05, 3.63) is 16.1 Å². The topological polar surface area (TPSA) is 55.1 Å². The van der Waals surface area contributed by atoms with E-state index in [2.05, 4.69) is 25.5 Å². The van der Waals surface area contributed by atoms with Gasteiger partial charge >= 0.3 is 5.97 Å². The van der Waals surface area contributed by atoms with E-state index in [1.807, 2.05) is 0 Å². The molecule has 0 spiro atoms. The number of hydrogen-bond acceptors (Lipinski definition) is 2. The van der Waals surface area contributed by atoms with Gasteiger partial charge in [0.15, 0.2) is 4.73 Å². The van der Waals surface area contributed by atoms with E-state index in [9.17, 15) is 4.79 Å². The Hall–Kier alpha value is -0.840. The van der Waals surface area contributed by atoms with Crippen molar-refractivity contribution in [2.24, 2.45) is 5.92 Å². The molecule has 0 radical (unpaired) electrons. The third-order valence-corrected chi connectivity index (χ3v) is 4.89. The molecule has 2 aliphatic rings. The number of aliphatic carboxylic acids is 1. The van der Waals surface area contributed by atoms with Crippen molar-refractivity contribution in [2.45, 2.75) is 51.0 Å². The van der Waals surface area contributed by atoms with Gasteiger partial charge in [0, 0.05) is 18.2 Å². The lowest BCUT2D eigenvalue weighted by atomic mass is 9.93. The number of aromatic nitrogens is 2. The number of hydrogen-bond donors (Lipinski definition) is 1. The van der Waals surface area contributed by atoms with Crippen molar-refractivity contribution in [1.29, 1.82) is 0 Å². The molecule has 0 bridgehead atoms. The largest absolute Gasteiger partial charge is 0.481 e. The van der Waals surface area contributed by atoms with Crippen molar-refractivity contribution < 1.29 is 9.90 Å². The molecule has 1 N–H and O–H groups in total. The normalized spacial score (nSPS) is 24.2. The Bertz CT molecular complexity index is 478. The third-order valence-electron chi connectivity index (χ3n) is 4.28. The Morgan fingerprint density at radius 2 is 2.06 bits per heavy atom. The number of rotatable bonds is 2. The van der Waals surface area contributed by atoms with E-state index < -0.39 is 5.97 Å². The van der Waals surface area contributed by atoms with Crippen LogP contribution >= 0.6 is 15.9 Å². The van der Waals surface area contributed by atoms with E-state index in [4.69, 9.17) is 5.11 Å². The maximum absolute atomic E-state index is 11.1. The smallest absolute Gasteiger partial charge is 0.308 e. The molecule has 5 heteroatoms. The van der Waals surface area contributed by atoms with Gasteiger partial charge in [-0.15, -0.1) is 0 Å². The maximum atomic E-state index is 11.1. The van der Waals surface area contributed by atoms with Gasteiger partial charge in [-0.05, 0) is 41.6 Å². The fourth-order valence-corrected chi connectivity index (χ4v) is 3.82. The number of carboxylic acid groups (broad SMARTS) is 1. The first kappa shape index (κ1) is 12.2. The molecule has 0 saturated heterocycles. The highest BCUT2D eigenvalue weighted by atomic mass is 79.9. The summed E-state index contributed by atoms with van der Waals surface area (Å²) in [4.78, 5) is 15.7. The Morgan fingerprint density at radius 1 is 1.33 bits per heavy atom. The fourth-order valence-electron chi connectivity index (χ4n) is 3.27. The van der Waals surface area contributed by atoms with Gasteiger partial charge in [0.1, 0.15) is 0 Å². The minimum Gasteiger partial charge on any atom is -0.481 e. The first-order valence-electron chi connectivity index (χ1n) is 6.64. The van der Waals surface area contributed by atoms with Crippen molar-refractivity contribution in [1.82, 2.24) is 9.55 Å². The molecule has 1 unspecified atom stereocenters. The summed E-state index contributed by atoms with van der Waals surface area (Å²) in [6.07, 6.45) is 6.66. The van der Waals surface area contributed by atoms with Crippen LogP contribution in [0.1, 0.15) is 49.4 Å². The number of carbonyl (C=O) groups is 1. The van der Waals surface area contributed by atoms with Crippen LogP contribution in [0.5, 0.6) is 0 Å². The lowest BCUT2D eigenvalue weighted by molar-refractivity contribution is -0.142. The lowest BCUT2D eigenvalue weighted by Gasteiger charge is -2.23. The zero-order valence-corrected chi connectivity index (χ0v) is 11.8. The standard InChI is InChI=1S/C13H17BrN2O2/c14-13-15-11(8-3-1-2-4-8)10-6-5-9(12(17)18)7-16(10)13/h8-9H,1-7H2,(H,17,18). The molecule has 18 heavy (non-hydrogen) atoms. The first-order chi connectivity index (χ1) is 8.66. The van der Waals surface area contributed by atoms with Crippen LogP contribution in [0.2, 0.25) is 0 Å². The summed E-state index contributed by atoms with van der Waals surface area (Å²) in [6, 6.07) is 0. The van der Waals surface area contributed by atoms with Gasteiger partial charge < -0.3 is 9.67 Å². The van der Waals surface area contributed by atoms with Crippen LogP contribution in [-0.2, 0) is 17.8 Å². The van der Waals surface area contributed by atoms with Crippen LogP contribution in [0.4, 0.5) is 0 Å². The molecular formula is C13H17BrN2O2. The van der Waals surface area contributed by atoms with Gasteiger partial charge in [-0.25, -0.2) is 4.98 Å². The highest BCUT2D eigenvalue weighted by Gasteiger charge is 2.31. The van der Waals surface area contributed by atoms with Gasteiger partial charge in [-0.2, -0.15) is 0 Å². The molecule has 1 aliphatic carbocycles. The summed E-state index contributed by atoms with van der Waals surface area (Å²) in [6.45, 7) is 0.560. The monoisotopic (exact) mass is 312 g/mol. The second-order valence-corrected chi connectivity index (χ2v) is 6.09. The molecule has 1 saturated carbocycles. The number of carboxylic acids is 1. The quantitative estimate of drug-likeness (QED) is 0.913. The highest BCUT2D eigenvalue weighted by molar-refractivity contribution is 9.10. The summed E-state index contributed by atoms with van der Waals surface area (Å²) in [5, 5.41) is 9.12. The summed E-state index contributed by atoms with van der Waals surface area (Å²) < 4.78 is 2.88. The summed E-state index contributed by atoms with van der Waals surface area (Å²) in [5.41, 5.74) is 2.49. The third kappa shape index (κ3) is 1.98. The van der Waals surface area contributed by atoms with E-state index in [1.54, 1.807) is 0 Å². The number of imidazole rings is 1. The molecule has 1 fully saturated rings. The average molecular weight is 313 g/mol. The van der Waals surface area contributed by atoms with Gasteiger partial charge in [0.2, 0.25) is 0 Å². The molecular weight excluding hydrogens is 296 g/mol. The molecule has 4 nitrogen and oxygen atoms in total. The van der Waals surface area contributed by atoms with Crippen LogP contribution in [0.15, 0.2) is 4.73 Å². The van der Waals surface area contributed by atoms with Crippen LogP contribution in [-0.4, -0.2) is 20.6 Å². The molecule has 2 heterocycles. The van der Waals surface area contributed by atoms with Crippen molar-refractivity contribution in [3.63, 3.8) is 0 Å². The van der Waals surface area contributed by atoms with Crippen LogP contribution in [0.25, 0.3) is 0 Å². The summed E-state index contributed by atoms with van der Waals surface area (Å²) in [5.74, 6) is -0.359. The second-order valence-electron chi connectivity index (χ2n) is 5.38. The molecule has 1 aromatic rings. The van der Waals surface area contributed by atoms with E-state index >= 15 is 0 Å². The lowest BCUT2D eigenvalue weighted by Crippen LogP contribution is -2.27.